The van der Waals surface area contributed by atoms with E-state index in [1.807, 2.05) is 38.1 Å². The number of para-hydroxylation sites is 1. The number of allylic oxidation sites excluding steroid dienone is 3. The van der Waals surface area contributed by atoms with Gasteiger partial charge >= 0.3 is 12.1 Å². The molecular formula is C30H34F3NO2. The fraction of sp³-hybridized carbons (Fsp3) is 0.433. The van der Waals surface area contributed by atoms with Crippen LogP contribution in [0.1, 0.15) is 50.7 Å². The van der Waals surface area contributed by atoms with Crippen molar-refractivity contribution in [3.8, 4) is 0 Å². The number of hydrogen-bond donors (Lipinski definition) is 1. The van der Waals surface area contributed by atoms with Crippen molar-refractivity contribution in [2.75, 3.05) is 18.0 Å². The first kappa shape index (κ1) is 26.1. The molecule has 0 aromatic heterocycles. The number of carboxylic acids is 1. The summed E-state index contributed by atoms with van der Waals surface area (Å²) in [5.74, 6) is -0.818. The Morgan fingerprint density at radius 3 is 2.39 bits per heavy atom. The molecule has 6 heteroatoms. The van der Waals surface area contributed by atoms with E-state index in [2.05, 4.69) is 23.1 Å². The molecule has 1 aliphatic carbocycles. The van der Waals surface area contributed by atoms with Crippen molar-refractivity contribution in [3.63, 3.8) is 0 Å². The van der Waals surface area contributed by atoms with E-state index in [0.717, 1.165) is 54.8 Å². The van der Waals surface area contributed by atoms with Crippen LogP contribution in [0, 0.1) is 23.7 Å². The predicted molar refractivity (Wildman–Crippen MR) is 138 cm³/mol. The number of halogens is 3. The number of hydrogen-bond acceptors (Lipinski definition) is 2. The monoisotopic (exact) mass is 497 g/mol. The number of carbonyl (C=O) groups is 1. The van der Waals surface area contributed by atoms with Crippen LogP contribution in [-0.4, -0.2) is 24.2 Å². The van der Waals surface area contributed by atoms with E-state index in [0.29, 0.717) is 18.8 Å². The van der Waals surface area contributed by atoms with E-state index in [4.69, 9.17) is 0 Å². The van der Waals surface area contributed by atoms with Crippen molar-refractivity contribution < 1.29 is 23.1 Å². The van der Waals surface area contributed by atoms with Gasteiger partial charge in [0.1, 0.15) is 0 Å². The number of rotatable bonds is 7. The van der Waals surface area contributed by atoms with Crippen LogP contribution >= 0.6 is 0 Å². The minimum Gasteiger partial charge on any atom is -0.481 e. The molecule has 4 rings (SSSR count). The second-order valence-corrected chi connectivity index (χ2v) is 10.5. The van der Waals surface area contributed by atoms with E-state index >= 15 is 0 Å². The van der Waals surface area contributed by atoms with E-state index in [1.165, 1.54) is 17.8 Å². The number of benzene rings is 2. The molecule has 0 radical (unpaired) electrons. The first-order chi connectivity index (χ1) is 17.1. The minimum atomic E-state index is -4.39. The molecule has 1 saturated heterocycles. The fourth-order valence-electron chi connectivity index (χ4n) is 5.55. The van der Waals surface area contributed by atoms with Gasteiger partial charge in [-0.25, -0.2) is 0 Å². The first-order valence-corrected chi connectivity index (χ1v) is 12.7. The van der Waals surface area contributed by atoms with Crippen LogP contribution in [0.4, 0.5) is 18.9 Å². The Morgan fingerprint density at radius 2 is 1.78 bits per heavy atom. The molecule has 2 aliphatic rings. The summed E-state index contributed by atoms with van der Waals surface area (Å²) in [6.45, 7) is 5.88. The maximum Gasteiger partial charge on any atom is 0.416 e. The lowest BCUT2D eigenvalue weighted by molar-refractivity contribution is -0.141. The lowest BCUT2D eigenvalue weighted by Crippen LogP contribution is -2.38. The molecule has 2 aromatic rings. The molecule has 0 saturated carbocycles. The molecule has 0 spiro atoms. The number of piperidine rings is 1. The average Bonchev–Trinajstić information content (AvgIpc) is 2.87. The van der Waals surface area contributed by atoms with Crippen molar-refractivity contribution in [1.29, 1.82) is 0 Å². The van der Waals surface area contributed by atoms with Gasteiger partial charge in [0.05, 0.1) is 11.5 Å². The summed E-state index contributed by atoms with van der Waals surface area (Å²) in [5.41, 5.74) is 2.92. The number of nitrogens with zero attached hydrogens (tertiary/aromatic N) is 1. The summed E-state index contributed by atoms with van der Waals surface area (Å²) in [6.07, 6.45) is 2.97. The summed E-state index contributed by atoms with van der Waals surface area (Å²) in [7, 11) is 0. The Bertz CT molecular complexity index is 1100. The number of alkyl halides is 3. The van der Waals surface area contributed by atoms with Gasteiger partial charge in [-0.15, -0.1) is 0 Å². The highest BCUT2D eigenvalue weighted by Gasteiger charge is 2.33. The smallest absolute Gasteiger partial charge is 0.416 e. The normalized spacial score (nSPS) is 21.7. The molecule has 2 aromatic carbocycles. The van der Waals surface area contributed by atoms with Crippen molar-refractivity contribution >= 4 is 17.2 Å². The summed E-state index contributed by atoms with van der Waals surface area (Å²) in [5, 5.41) is 10.0. The van der Waals surface area contributed by atoms with Crippen molar-refractivity contribution in [3.05, 3.63) is 83.4 Å². The van der Waals surface area contributed by atoms with Crippen molar-refractivity contribution in [2.45, 2.75) is 45.7 Å². The Balaban J connectivity index is 1.66. The topological polar surface area (TPSA) is 40.5 Å². The molecule has 1 aliphatic heterocycles. The zero-order chi connectivity index (χ0) is 25.9. The molecule has 0 amide bonds. The van der Waals surface area contributed by atoms with Crippen LogP contribution in [0.2, 0.25) is 0 Å². The third-order valence-electron chi connectivity index (χ3n) is 7.38. The molecular weight excluding hydrogens is 463 g/mol. The Labute approximate surface area is 211 Å². The molecule has 3 atom stereocenters. The first-order valence-electron chi connectivity index (χ1n) is 12.7. The van der Waals surface area contributed by atoms with Crippen LogP contribution in [0.5, 0.6) is 0 Å². The second-order valence-electron chi connectivity index (χ2n) is 10.5. The molecule has 192 valence electrons. The SMILES string of the molecule is CC(C)CC(C(=O)O)C1=CC(C2CCCN(c3ccccc3)C2)CC(c2ccc(C(F)(F)F)cc2)=C1. The van der Waals surface area contributed by atoms with Gasteiger partial charge in [0.15, 0.2) is 0 Å². The molecule has 1 N–H and O–H groups in total. The van der Waals surface area contributed by atoms with Gasteiger partial charge in [-0.05, 0) is 84.4 Å². The summed E-state index contributed by atoms with van der Waals surface area (Å²) in [4.78, 5) is 14.6. The Kier molecular flexibility index (Phi) is 7.91. The Morgan fingerprint density at radius 1 is 1.08 bits per heavy atom. The van der Waals surface area contributed by atoms with Crippen LogP contribution in [0.3, 0.4) is 0 Å². The number of anilines is 1. The summed E-state index contributed by atoms with van der Waals surface area (Å²) >= 11 is 0. The highest BCUT2D eigenvalue weighted by molar-refractivity contribution is 5.78. The lowest BCUT2D eigenvalue weighted by Gasteiger charge is -2.39. The highest BCUT2D eigenvalue weighted by atomic mass is 19.4. The van der Waals surface area contributed by atoms with Crippen LogP contribution in [0.15, 0.2) is 72.3 Å². The lowest BCUT2D eigenvalue weighted by atomic mass is 9.74. The van der Waals surface area contributed by atoms with Crippen LogP contribution in [0.25, 0.3) is 5.57 Å². The van der Waals surface area contributed by atoms with Crippen LogP contribution in [-0.2, 0) is 11.0 Å². The molecule has 3 nitrogen and oxygen atoms in total. The standard InChI is InChI=1S/C30H34F3NO2/c1-20(2)15-28(29(35)36)25-17-23(21-10-12-26(13-11-21)30(31,32)33)16-24(18-25)22-7-6-14-34(19-22)27-8-4-3-5-9-27/h3-5,8-13,17-18,20,22,24,28H,6-7,14-16,19H2,1-2H3,(H,35,36). The van der Waals surface area contributed by atoms with Gasteiger partial charge in [-0.2, -0.15) is 13.2 Å². The van der Waals surface area contributed by atoms with Gasteiger partial charge in [-0.1, -0.05) is 56.3 Å². The van der Waals surface area contributed by atoms with E-state index in [1.54, 1.807) is 0 Å². The van der Waals surface area contributed by atoms with E-state index in [9.17, 15) is 23.1 Å². The quantitative estimate of drug-likeness (QED) is 0.426. The van der Waals surface area contributed by atoms with Gasteiger partial charge in [-0.3, -0.25) is 4.79 Å². The largest absolute Gasteiger partial charge is 0.481 e. The highest BCUT2D eigenvalue weighted by Crippen LogP contribution is 2.41. The zero-order valence-electron chi connectivity index (χ0n) is 20.8. The van der Waals surface area contributed by atoms with Gasteiger partial charge in [0, 0.05) is 18.8 Å². The van der Waals surface area contributed by atoms with Crippen LogP contribution < -0.4 is 4.90 Å². The molecule has 3 unspecified atom stereocenters. The maximum atomic E-state index is 13.1. The molecule has 1 fully saturated rings. The number of aliphatic carboxylic acids is 1. The predicted octanol–water partition coefficient (Wildman–Crippen LogP) is 7.70. The zero-order valence-corrected chi connectivity index (χ0v) is 20.8. The molecule has 1 heterocycles. The maximum absolute atomic E-state index is 13.1. The Hall–Kier alpha value is -3.02. The van der Waals surface area contributed by atoms with E-state index < -0.39 is 23.6 Å². The van der Waals surface area contributed by atoms with Gasteiger partial charge < -0.3 is 10.0 Å². The number of carboxylic acid groups (broad SMARTS) is 1. The van der Waals surface area contributed by atoms with Crippen molar-refractivity contribution in [1.82, 2.24) is 0 Å². The third kappa shape index (κ3) is 6.21. The molecule has 0 bridgehead atoms. The fourth-order valence-corrected chi connectivity index (χ4v) is 5.55. The van der Waals surface area contributed by atoms with E-state index in [-0.39, 0.29) is 11.8 Å². The van der Waals surface area contributed by atoms with Gasteiger partial charge in [0.25, 0.3) is 0 Å². The third-order valence-corrected chi connectivity index (χ3v) is 7.38. The van der Waals surface area contributed by atoms with Gasteiger partial charge in [0.2, 0.25) is 0 Å². The molecule has 36 heavy (non-hydrogen) atoms. The second kappa shape index (κ2) is 10.9. The average molecular weight is 498 g/mol. The summed E-state index contributed by atoms with van der Waals surface area (Å²) in [6, 6.07) is 15.6. The minimum absolute atomic E-state index is 0.128. The van der Waals surface area contributed by atoms with Crippen molar-refractivity contribution in [2.24, 2.45) is 23.7 Å². The summed E-state index contributed by atoms with van der Waals surface area (Å²) < 4.78 is 39.4.